The zero-order valence-electron chi connectivity index (χ0n) is 11.4. The second kappa shape index (κ2) is 5.53. The van der Waals surface area contributed by atoms with Crippen LogP contribution in [0.4, 0.5) is 0 Å². The minimum absolute atomic E-state index is 0.218. The number of hydrogen-bond donors (Lipinski definition) is 0. The zero-order chi connectivity index (χ0) is 14.0. The smallest absolute Gasteiger partial charge is 0.137 e. The molecule has 0 aliphatic rings. The van der Waals surface area contributed by atoms with Gasteiger partial charge < -0.3 is 4.74 Å². The number of nitrogens with zero attached hydrogens (tertiary/aromatic N) is 3. The van der Waals surface area contributed by atoms with Crippen LogP contribution in [0, 0.1) is 6.92 Å². The Morgan fingerprint density at radius 1 is 1.21 bits per heavy atom. The molecule has 0 radical (unpaired) electrons. The maximum Gasteiger partial charge on any atom is 0.137 e. The predicted molar refractivity (Wildman–Crippen MR) is 75.7 cm³/mol. The Kier molecular flexibility index (Phi) is 4.00. The van der Waals surface area contributed by atoms with Gasteiger partial charge in [-0.1, -0.05) is 25.4 Å². The van der Waals surface area contributed by atoms with Crippen molar-refractivity contribution in [2.24, 2.45) is 0 Å². The van der Waals surface area contributed by atoms with Gasteiger partial charge in [-0.05, 0) is 13.0 Å². The van der Waals surface area contributed by atoms with Crippen LogP contribution in [0.15, 0.2) is 18.5 Å². The topological polar surface area (TPSA) is 47.9 Å². The summed E-state index contributed by atoms with van der Waals surface area (Å²) >= 11 is 6.18. The SMILES string of the molecule is COc1cncc(-c2nc(C(C)C)nc(Cl)c2C)c1. The minimum atomic E-state index is 0.218. The van der Waals surface area contributed by atoms with Crippen molar-refractivity contribution < 1.29 is 4.74 Å². The molecule has 4 nitrogen and oxygen atoms in total. The first kappa shape index (κ1) is 13.7. The second-order valence-electron chi connectivity index (χ2n) is 4.61. The summed E-state index contributed by atoms with van der Waals surface area (Å²) in [6.45, 7) is 5.98. The summed E-state index contributed by atoms with van der Waals surface area (Å²) in [7, 11) is 1.61. The summed E-state index contributed by atoms with van der Waals surface area (Å²) in [6.07, 6.45) is 3.41. The van der Waals surface area contributed by atoms with Crippen molar-refractivity contribution in [3.05, 3.63) is 35.0 Å². The van der Waals surface area contributed by atoms with E-state index >= 15 is 0 Å². The fraction of sp³-hybridized carbons (Fsp3) is 0.357. The van der Waals surface area contributed by atoms with Crippen LogP contribution in [-0.2, 0) is 0 Å². The molecule has 0 aliphatic heterocycles. The second-order valence-corrected chi connectivity index (χ2v) is 4.97. The van der Waals surface area contributed by atoms with E-state index in [2.05, 4.69) is 15.0 Å². The third-order valence-electron chi connectivity index (χ3n) is 2.84. The summed E-state index contributed by atoms with van der Waals surface area (Å²) in [5.41, 5.74) is 2.53. The standard InChI is InChI=1S/C14H16ClN3O/c1-8(2)14-17-12(9(3)13(15)18-14)10-5-11(19-4)7-16-6-10/h5-8H,1-4H3. The summed E-state index contributed by atoms with van der Waals surface area (Å²) in [5.74, 6) is 1.64. The highest BCUT2D eigenvalue weighted by molar-refractivity contribution is 6.30. The molecule has 0 amide bonds. The number of pyridine rings is 1. The first-order valence-corrected chi connectivity index (χ1v) is 6.44. The lowest BCUT2D eigenvalue weighted by Crippen LogP contribution is -2.02. The molecule has 0 fully saturated rings. The average molecular weight is 278 g/mol. The van der Waals surface area contributed by atoms with Gasteiger partial charge in [-0.25, -0.2) is 9.97 Å². The third kappa shape index (κ3) is 2.84. The number of methoxy groups -OCH3 is 1. The van der Waals surface area contributed by atoms with Crippen molar-refractivity contribution in [2.75, 3.05) is 7.11 Å². The molecule has 2 rings (SSSR count). The molecule has 0 N–H and O–H groups in total. The first-order chi connectivity index (χ1) is 9.02. The highest BCUT2D eigenvalue weighted by Gasteiger charge is 2.14. The lowest BCUT2D eigenvalue weighted by molar-refractivity contribution is 0.413. The van der Waals surface area contributed by atoms with E-state index in [1.165, 1.54) is 0 Å². The molecule has 0 aromatic carbocycles. The summed E-state index contributed by atoms with van der Waals surface area (Å²) in [6, 6.07) is 1.89. The summed E-state index contributed by atoms with van der Waals surface area (Å²) in [4.78, 5) is 13.0. The molecule has 100 valence electrons. The fourth-order valence-electron chi connectivity index (χ4n) is 1.70. The molecule has 0 bridgehead atoms. The van der Waals surface area contributed by atoms with Crippen molar-refractivity contribution in [1.82, 2.24) is 15.0 Å². The molecule has 19 heavy (non-hydrogen) atoms. The Hall–Kier alpha value is -1.68. The first-order valence-electron chi connectivity index (χ1n) is 6.06. The van der Waals surface area contributed by atoms with Gasteiger partial charge in [0.25, 0.3) is 0 Å². The Morgan fingerprint density at radius 2 is 1.95 bits per heavy atom. The minimum Gasteiger partial charge on any atom is -0.495 e. The van der Waals surface area contributed by atoms with Gasteiger partial charge in [0.1, 0.15) is 16.7 Å². The molecule has 0 spiro atoms. The fourth-order valence-corrected chi connectivity index (χ4v) is 1.88. The van der Waals surface area contributed by atoms with Crippen molar-refractivity contribution in [3.8, 4) is 17.0 Å². The normalized spacial score (nSPS) is 10.8. The molecule has 0 saturated carbocycles. The lowest BCUT2D eigenvalue weighted by Gasteiger charge is -2.11. The van der Waals surface area contributed by atoms with Gasteiger partial charge in [-0.15, -0.1) is 0 Å². The molecular formula is C14H16ClN3O. The van der Waals surface area contributed by atoms with E-state index in [0.29, 0.717) is 10.9 Å². The Morgan fingerprint density at radius 3 is 2.58 bits per heavy atom. The van der Waals surface area contributed by atoms with E-state index < -0.39 is 0 Å². The van der Waals surface area contributed by atoms with E-state index in [1.54, 1.807) is 19.5 Å². The molecule has 0 saturated heterocycles. The van der Waals surface area contributed by atoms with E-state index in [4.69, 9.17) is 16.3 Å². The van der Waals surface area contributed by atoms with Crippen molar-refractivity contribution in [2.45, 2.75) is 26.7 Å². The van der Waals surface area contributed by atoms with Crippen LogP contribution in [0.25, 0.3) is 11.3 Å². The molecular weight excluding hydrogens is 262 g/mol. The zero-order valence-corrected chi connectivity index (χ0v) is 12.2. The summed E-state index contributed by atoms with van der Waals surface area (Å²) in [5, 5.41) is 0.483. The van der Waals surface area contributed by atoms with Gasteiger partial charge in [0.05, 0.1) is 19.0 Å². The predicted octanol–water partition coefficient (Wildman–Crippen LogP) is 3.63. The van der Waals surface area contributed by atoms with Crippen LogP contribution >= 0.6 is 11.6 Å². The van der Waals surface area contributed by atoms with E-state index in [0.717, 1.165) is 22.6 Å². The number of hydrogen-bond acceptors (Lipinski definition) is 4. The third-order valence-corrected chi connectivity index (χ3v) is 3.21. The van der Waals surface area contributed by atoms with Crippen LogP contribution < -0.4 is 4.74 Å². The maximum absolute atomic E-state index is 6.18. The van der Waals surface area contributed by atoms with Crippen LogP contribution in [0.3, 0.4) is 0 Å². The van der Waals surface area contributed by atoms with E-state index in [1.807, 2.05) is 26.8 Å². The Balaban J connectivity index is 2.60. The van der Waals surface area contributed by atoms with Gasteiger partial charge in [0.2, 0.25) is 0 Å². The van der Waals surface area contributed by atoms with Crippen LogP contribution in [0.5, 0.6) is 5.75 Å². The van der Waals surface area contributed by atoms with Gasteiger partial charge in [-0.3, -0.25) is 4.98 Å². The van der Waals surface area contributed by atoms with E-state index in [-0.39, 0.29) is 5.92 Å². The number of ether oxygens (including phenoxy) is 1. The van der Waals surface area contributed by atoms with Crippen molar-refractivity contribution in [1.29, 1.82) is 0 Å². The Labute approximate surface area is 117 Å². The molecule has 2 heterocycles. The molecule has 2 aromatic heterocycles. The summed E-state index contributed by atoms with van der Waals surface area (Å²) < 4.78 is 5.19. The largest absolute Gasteiger partial charge is 0.495 e. The average Bonchev–Trinajstić information content (AvgIpc) is 2.41. The van der Waals surface area contributed by atoms with E-state index in [9.17, 15) is 0 Å². The monoisotopic (exact) mass is 277 g/mol. The number of rotatable bonds is 3. The Bertz CT molecular complexity index is 599. The number of halogens is 1. The van der Waals surface area contributed by atoms with Gasteiger partial charge in [0, 0.05) is 23.2 Å². The van der Waals surface area contributed by atoms with Crippen molar-refractivity contribution >= 4 is 11.6 Å². The van der Waals surface area contributed by atoms with Gasteiger partial charge >= 0.3 is 0 Å². The van der Waals surface area contributed by atoms with Gasteiger partial charge in [-0.2, -0.15) is 0 Å². The highest BCUT2D eigenvalue weighted by atomic mass is 35.5. The lowest BCUT2D eigenvalue weighted by atomic mass is 10.1. The molecule has 2 aromatic rings. The quantitative estimate of drug-likeness (QED) is 0.804. The van der Waals surface area contributed by atoms with Crippen LogP contribution in [0.1, 0.15) is 31.2 Å². The highest BCUT2D eigenvalue weighted by Crippen LogP contribution is 2.28. The molecule has 0 aliphatic carbocycles. The maximum atomic E-state index is 6.18. The van der Waals surface area contributed by atoms with Crippen LogP contribution in [0.2, 0.25) is 5.15 Å². The van der Waals surface area contributed by atoms with Crippen LogP contribution in [-0.4, -0.2) is 22.1 Å². The molecule has 0 unspecified atom stereocenters. The van der Waals surface area contributed by atoms with Crippen molar-refractivity contribution in [3.63, 3.8) is 0 Å². The molecule has 5 heteroatoms. The van der Waals surface area contributed by atoms with Gasteiger partial charge in [0.15, 0.2) is 0 Å². The number of aromatic nitrogens is 3. The molecule has 0 atom stereocenters.